The molecule has 2 aliphatic rings. The number of fused-ring (bicyclic) bond motifs is 3. The number of aromatic nitrogens is 2. The van der Waals surface area contributed by atoms with Crippen molar-refractivity contribution in [2.45, 2.75) is 19.3 Å². The first-order chi connectivity index (χ1) is 10.7. The molecular weight excluding hydrogens is 320 g/mol. The molecule has 2 aromatic rings. The zero-order valence-corrected chi connectivity index (χ0v) is 13.3. The largest absolute Gasteiger partial charge is 0.340 e. The van der Waals surface area contributed by atoms with Gasteiger partial charge in [-0.3, -0.25) is 4.79 Å². The van der Waals surface area contributed by atoms with Crippen LogP contribution >= 0.6 is 22.9 Å². The number of carbonyl (C=O) groups is 1. The topological polar surface area (TPSA) is 69.9 Å². The van der Waals surface area contributed by atoms with E-state index in [1.54, 1.807) is 11.3 Å². The molecule has 0 N–H and O–H groups in total. The van der Waals surface area contributed by atoms with Crippen LogP contribution in [0.25, 0.3) is 10.2 Å². The Morgan fingerprint density at radius 3 is 3.05 bits per heavy atom. The Hall–Kier alpha value is -1.71. The molecule has 1 unspecified atom stereocenters. The molecule has 1 aliphatic carbocycles. The van der Waals surface area contributed by atoms with Gasteiger partial charge in [-0.05, 0) is 24.8 Å². The van der Waals surface area contributed by atoms with Gasteiger partial charge in [-0.15, -0.1) is 11.3 Å². The molecule has 2 aromatic heterocycles. The first kappa shape index (κ1) is 13.9. The fourth-order valence-corrected chi connectivity index (χ4v) is 4.85. The third-order valence-electron chi connectivity index (χ3n) is 4.52. The van der Waals surface area contributed by atoms with Crippen molar-refractivity contribution in [1.29, 1.82) is 5.26 Å². The van der Waals surface area contributed by atoms with Gasteiger partial charge in [0.1, 0.15) is 16.3 Å². The maximum Gasteiger partial charge on any atom is 0.226 e. The highest BCUT2D eigenvalue weighted by Crippen LogP contribution is 2.40. The summed E-state index contributed by atoms with van der Waals surface area (Å²) in [7, 11) is 0. The van der Waals surface area contributed by atoms with Crippen LogP contribution in [0, 0.1) is 23.2 Å². The average Bonchev–Trinajstić information content (AvgIpc) is 2.84. The Kier molecular flexibility index (Phi) is 3.28. The van der Waals surface area contributed by atoms with Crippen molar-refractivity contribution in [2.24, 2.45) is 11.8 Å². The van der Waals surface area contributed by atoms with E-state index in [0.717, 1.165) is 29.5 Å². The standard InChI is InChI=1S/C15H13ClN4OS/c16-13-12-10-2-1-9(15(21)20-5-8(4-17)6-20)3-11(10)22-14(12)19-7-18-13/h7-9H,1-3,5-6H2. The lowest BCUT2D eigenvalue weighted by Gasteiger charge is -2.38. The maximum atomic E-state index is 12.5. The molecule has 0 saturated carbocycles. The van der Waals surface area contributed by atoms with Crippen molar-refractivity contribution in [1.82, 2.24) is 14.9 Å². The number of hydrogen-bond acceptors (Lipinski definition) is 5. The molecule has 1 aliphatic heterocycles. The van der Waals surface area contributed by atoms with Gasteiger partial charge in [-0.2, -0.15) is 5.26 Å². The summed E-state index contributed by atoms with van der Waals surface area (Å²) in [5.41, 5.74) is 1.22. The molecule has 1 atom stereocenters. The minimum Gasteiger partial charge on any atom is -0.340 e. The predicted molar refractivity (Wildman–Crippen MR) is 83.6 cm³/mol. The quantitative estimate of drug-likeness (QED) is 0.752. The van der Waals surface area contributed by atoms with Crippen LogP contribution in [0.1, 0.15) is 16.9 Å². The highest BCUT2D eigenvalue weighted by Gasteiger charge is 2.36. The maximum absolute atomic E-state index is 12.5. The van der Waals surface area contributed by atoms with Gasteiger partial charge in [0, 0.05) is 23.9 Å². The fraction of sp³-hybridized carbons (Fsp3) is 0.467. The van der Waals surface area contributed by atoms with E-state index in [1.807, 2.05) is 4.90 Å². The van der Waals surface area contributed by atoms with E-state index >= 15 is 0 Å². The Balaban J connectivity index is 1.57. The van der Waals surface area contributed by atoms with Gasteiger partial charge < -0.3 is 4.90 Å². The molecule has 0 spiro atoms. The number of thiophene rings is 1. The summed E-state index contributed by atoms with van der Waals surface area (Å²) in [6, 6.07) is 2.21. The Morgan fingerprint density at radius 2 is 2.27 bits per heavy atom. The third kappa shape index (κ3) is 2.08. The van der Waals surface area contributed by atoms with Gasteiger partial charge in [0.25, 0.3) is 0 Å². The zero-order valence-electron chi connectivity index (χ0n) is 11.8. The van der Waals surface area contributed by atoms with E-state index in [4.69, 9.17) is 16.9 Å². The minimum atomic E-state index is 0.0153. The van der Waals surface area contributed by atoms with Crippen LogP contribution in [0.5, 0.6) is 0 Å². The number of nitrogens with zero attached hydrogens (tertiary/aromatic N) is 4. The van der Waals surface area contributed by atoms with E-state index in [9.17, 15) is 4.79 Å². The van der Waals surface area contributed by atoms with Crippen molar-refractivity contribution in [3.63, 3.8) is 0 Å². The summed E-state index contributed by atoms with van der Waals surface area (Å²) in [5, 5.41) is 10.3. The molecule has 22 heavy (non-hydrogen) atoms. The van der Waals surface area contributed by atoms with Gasteiger partial charge in [-0.1, -0.05) is 11.6 Å². The van der Waals surface area contributed by atoms with Crippen LogP contribution in [0.2, 0.25) is 5.15 Å². The van der Waals surface area contributed by atoms with Crippen molar-refractivity contribution in [3.05, 3.63) is 21.9 Å². The molecule has 1 amide bonds. The Labute approximate surface area is 136 Å². The number of amides is 1. The second-order valence-electron chi connectivity index (χ2n) is 5.86. The molecule has 0 aromatic carbocycles. The summed E-state index contributed by atoms with van der Waals surface area (Å²) in [6.07, 6.45) is 3.90. The molecule has 5 nitrogen and oxygen atoms in total. The van der Waals surface area contributed by atoms with Crippen LogP contribution in [-0.2, 0) is 17.6 Å². The molecule has 4 rings (SSSR count). The number of hydrogen-bond donors (Lipinski definition) is 0. The molecule has 1 saturated heterocycles. The monoisotopic (exact) mass is 332 g/mol. The number of rotatable bonds is 1. The zero-order chi connectivity index (χ0) is 15.3. The smallest absolute Gasteiger partial charge is 0.226 e. The van der Waals surface area contributed by atoms with Gasteiger partial charge in [-0.25, -0.2) is 9.97 Å². The highest BCUT2D eigenvalue weighted by molar-refractivity contribution is 7.19. The highest BCUT2D eigenvalue weighted by atomic mass is 35.5. The van der Waals surface area contributed by atoms with Gasteiger partial charge in [0.2, 0.25) is 5.91 Å². The Morgan fingerprint density at radius 1 is 1.45 bits per heavy atom. The molecule has 1 fully saturated rings. The second-order valence-corrected chi connectivity index (χ2v) is 7.30. The first-order valence-electron chi connectivity index (χ1n) is 7.26. The van der Waals surface area contributed by atoms with Crippen LogP contribution in [0.15, 0.2) is 6.33 Å². The second kappa shape index (κ2) is 5.18. The van der Waals surface area contributed by atoms with E-state index in [1.165, 1.54) is 16.8 Å². The molecular formula is C15H13ClN4OS. The number of carbonyl (C=O) groups excluding carboxylic acids is 1. The molecule has 7 heteroatoms. The number of aryl methyl sites for hydroxylation is 1. The average molecular weight is 333 g/mol. The van der Waals surface area contributed by atoms with Crippen molar-refractivity contribution in [3.8, 4) is 6.07 Å². The summed E-state index contributed by atoms with van der Waals surface area (Å²) in [5.74, 6) is 0.222. The summed E-state index contributed by atoms with van der Waals surface area (Å²) < 4.78 is 0. The molecule has 0 radical (unpaired) electrons. The SMILES string of the molecule is N#CC1CN(C(=O)C2CCc3c(sc4ncnc(Cl)c34)C2)C1. The minimum absolute atomic E-state index is 0.0153. The van der Waals surface area contributed by atoms with Gasteiger partial charge in [0.05, 0.1) is 17.4 Å². The third-order valence-corrected chi connectivity index (χ3v) is 5.97. The summed E-state index contributed by atoms with van der Waals surface area (Å²) in [4.78, 5) is 24.8. The number of likely N-dealkylation sites (tertiary alicyclic amines) is 1. The number of nitriles is 1. The van der Waals surface area contributed by atoms with E-state index in [-0.39, 0.29) is 17.7 Å². The lowest BCUT2D eigenvalue weighted by molar-refractivity contribution is -0.141. The molecule has 3 heterocycles. The van der Waals surface area contributed by atoms with Gasteiger partial charge >= 0.3 is 0 Å². The van der Waals surface area contributed by atoms with Gasteiger partial charge in [0.15, 0.2) is 0 Å². The van der Waals surface area contributed by atoms with Crippen LogP contribution in [0.4, 0.5) is 0 Å². The lowest BCUT2D eigenvalue weighted by Crippen LogP contribution is -2.52. The summed E-state index contributed by atoms with van der Waals surface area (Å²) >= 11 is 7.82. The fourth-order valence-electron chi connectivity index (χ4n) is 3.28. The van der Waals surface area contributed by atoms with Crippen LogP contribution in [0.3, 0.4) is 0 Å². The molecule has 0 bridgehead atoms. The Bertz CT molecular complexity index is 806. The van der Waals surface area contributed by atoms with E-state index in [0.29, 0.717) is 18.2 Å². The molecule has 112 valence electrons. The van der Waals surface area contributed by atoms with Crippen LogP contribution in [-0.4, -0.2) is 33.9 Å². The van der Waals surface area contributed by atoms with Crippen molar-refractivity contribution >= 4 is 39.1 Å². The van der Waals surface area contributed by atoms with Crippen molar-refractivity contribution < 1.29 is 4.79 Å². The lowest BCUT2D eigenvalue weighted by atomic mass is 9.86. The van der Waals surface area contributed by atoms with E-state index in [2.05, 4.69) is 16.0 Å². The normalized spacial score (nSPS) is 21.3. The van der Waals surface area contributed by atoms with E-state index < -0.39 is 0 Å². The van der Waals surface area contributed by atoms with Crippen molar-refractivity contribution in [2.75, 3.05) is 13.1 Å². The predicted octanol–water partition coefficient (Wildman–Crippen LogP) is 2.43. The van der Waals surface area contributed by atoms with Crippen LogP contribution < -0.4 is 0 Å². The first-order valence-corrected chi connectivity index (χ1v) is 8.46. The summed E-state index contributed by atoms with van der Waals surface area (Å²) in [6.45, 7) is 1.17. The number of halogens is 1.